The van der Waals surface area contributed by atoms with Gasteiger partial charge in [0.2, 0.25) is 7.37 Å². The Morgan fingerprint density at radius 1 is 0.750 bits per heavy atom. The zero-order chi connectivity index (χ0) is 10.7. The lowest BCUT2D eigenvalue weighted by Crippen LogP contribution is -2.23. The molecule has 0 bridgehead atoms. The molecule has 94 valence electrons. The van der Waals surface area contributed by atoms with Gasteiger partial charge in [-0.3, -0.25) is 4.57 Å². The number of hydrogen-bond acceptors (Lipinski definition) is 1. The summed E-state index contributed by atoms with van der Waals surface area (Å²) in [6, 6.07) is 0. The van der Waals surface area contributed by atoms with Crippen LogP contribution in [0.3, 0.4) is 0 Å². The Labute approximate surface area is 110 Å². The summed E-state index contributed by atoms with van der Waals surface area (Å²) in [5, 5.41) is 0. The molecule has 2 fully saturated rings. The fourth-order valence-corrected chi connectivity index (χ4v) is 6.01. The van der Waals surface area contributed by atoms with Gasteiger partial charge in [-0.25, -0.2) is 0 Å². The average Bonchev–Trinajstić information content (AvgIpc) is 2.31. The molecule has 0 aromatic rings. The Kier molecular flexibility index (Phi) is 6.10. The molecule has 4 heteroatoms. The predicted molar refractivity (Wildman–Crippen MR) is 73.5 cm³/mol. The second kappa shape index (κ2) is 6.60. The maximum atomic E-state index is 12.5. The highest BCUT2D eigenvalue weighted by atomic mass is 31.2. The quantitative estimate of drug-likeness (QED) is 0.612. The highest BCUT2D eigenvalue weighted by molar-refractivity contribution is 7.59. The minimum absolute atomic E-state index is 0. The van der Waals surface area contributed by atoms with Crippen LogP contribution < -0.4 is 0 Å². The van der Waals surface area contributed by atoms with Gasteiger partial charge in [-0.05, 0) is 25.7 Å². The Morgan fingerprint density at radius 2 is 1.06 bits per heavy atom. The van der Waals surface area contributed by atoms with E-state index in [1.165, 1.54) is 38.5 Å². The minimum atomic E-state index is -2.84. The van der Waals surface area contributed by atoms with E-state index >= 15 is 0 Å². The standard InChI is InChI=1S/C12H23O2P.Al.3H/c13-15(14,11-7-3-1-4-8-11)12-9-5-2-6-10-12;;;;/h11-12H,1-10H2,(H,13,14);;;;. The summed E-state index contributed by atoms with van der Waals surface area (Å²) in [6.07, 6.45) is 11.2. The normalized spacial score (nSPS) is 25.1. The fraction of sp³-hybridized carbons (Fsp3) is 1.00. The average molecular weight is 260 g/mol. The lowest BCUT2D eigenvalue weighted by molar-refractivity contribution is 0.386. The highest BCUT2D eigenvalue weighted by Gasteiger charge is 2.39. The van der Waals surface area contributed by atoms with E-state index in [0.29, 0.717) is 0 Å². The second-order valence-electron chi connectivity index (χ2n) is 5.26. The third-order valence-electron chi connectivity index (χ3n) is 4.20. The first-order chi connectivity index (χ1) is 7.21. The molecule has 0 aliphatic heterocycles. The third kappa shape index (κ3) is 3.36. The topological polar surface area (TPSA) is 37.3 Å². The van der Waals surface area contributed by atoms with Crippen LogP contribution in [0.1, 0.15) is 64.2 Å². The predicted octanol–water partition coefficient (Wildman–Crippen LogP) is 2.74. The lowest BCUT2D eigenvalue weighted by atomic mass is 10.00. The van der Waals surface area contributed by atoms with Crippen LogP contribution in [0, 0.1) is 0 Å². The number of rotatable bonds is 2. The minimum Gasteiger partial charge on any atom is -0.344 e. The Bertz CT molecular complexity index is 223. The van der Waals surface area contributed by atoms with Gasteiger partial charge >= 0.3 is 0 Å². The Morgan fingerprint density at radius 3 is 1.38 bits per heavy atom. The highest BCUT2D eigenvalue weighted by Crippen LogP contribution is 2.59. The molecule has 2 nitrogen and oxygen atoms in total. The molecule has 0 aromatic heterocycles. The first kappa shape index (κ1) is 14.8. The van der Waals surface area contributed by atoms with Crippen LogP contribution in [0.4, 0.5) is 0 Å². The molecule has 0 amide bonds. The maximum Gasteiger partial charge on any atom is 0.206 e. The van der Waals surface area contributed by atoms with Crippen molar-refractivity contribution >= 4 is 24.7 Å². The summed E-state index contributed by atoms with van der Waals surface area (Å²) < 4.78 is 12.5. The molecule has 2 aliphatic carbocycles. The van der Waals surface area contributed by atoms with Crippen molar-refractivity contribution in [1.82, 2.24) is 0 Å². The zero-order valence-corrected chi connectivity index (χ0v) is 10.4. The van der Waals surface area contributed by atoms with Crippen molar-refractivity contribution in [2.75, 3.05) is 0 Å². The zero-order valence-electron chi connectivity index (χ0n) is 9.53. The van der Waals surface area contributed by atoms with Gasteiger partial charge in [0.05, 0.1) is 0 Å². The van der Waals surface area contributed by atoms with Crippen molar-refractivity contribution in [2.45, 2.75) is 75.5 Å². The summed E-state index contributed by atoms with van der Waals surface area (Å²) in [4.78, 5) is 10.3. The molecule has 0 atom stereocenters. The van der Waals surface area contributed by atoms with Crippen molar-refractivity contribution < 1.29 is 9.46 Å². The summed E-state index contributed by atoms with van der Waals surface area (Å²) in [7, 11) is -2.84. The van der Waals surface area contributed by atoms with Crippen LogP contribution in [0.5, 0.6) is 0 Å². The number of hydrogen-bond donors (Lipinski definition) is 1. The summed E-state index contributed by atoms with van der Waals surface area (Å²) in [5.74, 6) is 0. The van der Waals surface area contributed by atoms with Crippen molar-refractivity contribution in [1.29, 1.82) is 0 Å². The van der Waals surface area contributed by atoms with E-state index in [9.17, 15) is 9.46 Å². The first-order valence-electron chi connectivity index (χ1n) is 6.53. The van der Waals surface area contributed by atoms with Gasteiger partial charge in [0.15, 0.2) is 17.4 Å². The molecular formula is C12H26AlO2P. The molecule has 16 heavy (non-hydrogen) atoms. The molecule has 0 saturated heterocycles. The van der Waals surface area contributed by atoms with Gasteiger partial charge in [-0.1, -0.05) is 38.5 Å². The summed E-state index contributed by atoms with van der Waals surface area (Å²) >= 11 is 0. The lowest BCUT2D eigenvalue weighted by Gasteiger charge is -2.34. The summed E-state index contributed by atoms with van der Waals surface area (Å²) in [6.45, 7) is 0. The molecule has 0 heterocycles. The molecule has 0 radical (unpaired) electrons. The Hall–Kier alpha value is 0.722. The smallest absolute Gasteiger partial charge is 0.206 e. The largest absolute Gasteiger partial charge is 0.344 e. The van der Waals surface area contributed by atoms with E-state index in [4.69, 9.17) is 0 Å². The molecule has 0 unspecified atom stereocenters. The van der Waals surface area contributed by atoms with Crippen molar-refractivity contribution in [3.63, 3.8) is 0 Å². The van der Waals surface area contributed by atoms with Crippen LogP contribution in [-0.2, 0) is 4.57 Å². The monoisotopic (exact) mass is 260 g/mol. The third-order valence-corrected chi connectivity index (χ3v) is 7.32. The van der Waals surface area contributed by atoms with Gasteiger partial charge < -0.3 is 4.89 Å². The van der Waals surface area contributed by atoms with Gasteiger partial charge in [0.25, 0.3) is 0 Å². The molecule has 2 rings (SSSR count). The van der Waals surface area contributed by atoms with Gasteiger partial charge in [0.1, 0.15) is 0 Å². The second-order valence-corrected chi connectivity index (χ2v) is 8.06. The van der Waals surface area contributed by atoms with E-state index in [1.807, 2.05) is 0 Å². The van der Waals surface area contributed by atoms with Crippen LogP contribution in [0.2, 0.25) is 0 Å². The van der Waals surface area contributed by atoms with Gasteiger partial charge in [0, 0.05) is 11.3 Å². The summed E-state index contributed by atoms with van der Waals surface area (Å²) in [5.41, 5.74) is 0.295. The van der Waals surface area contributed by atoms with Gasteiger partial charge in [-0.2, -0.15) is 0 Å². The fourth-order valence-electron chi connectivity index (χ4n) is 3.20. The van der Waals surface area contributed by atoms with E-state index < -0.39 is 7.37 Å². The van der Waals surface area contributed by atoms with Crippen molar-refractivity contribution in [2.24, 2.45) is 0 Å². The Balaban J connectivity index is 0.00000128. The SMILES string of the molecule is O=P(O)(C1CCCCC1)C1CCCCC1.[AlH3]. The van der Waals surface area contributed by atoms with Crippen molar-refractivity contribution in [3.8, 4) is 0 Å². The molecule has 2 aliphatic rings. The van der Waals surface area contributed by atoms with E-state index in [1.54, 1.807) is 0 Å². The van der Waals surface area contributed by atoms with E-state index in [2.05, 4.69) is 0 Å². The maximum absolute atomic E-state index is 12.5. The van der Waals surface area contributed by atoms with Crippen molar-refractivity contribution in [3.05, 3.63) is 0 Å². The first-order valence-corrected chi connectivity index (χ1v) is 8.33. The molecule has 0 aromatic carbocycles. The van der Waals surface area contributed by atoms with Crippen LogP contribution in [-0.4, -0.2) is 33.6 Å². The van der Waals surface area contributed by atoms with Crippen LogP contribution in [0.25, 0.3) is 0 Å². The van der Waals surface area contributed by atoms with Crippen LogP contribution in [0.15, 0.2) is 0 Å². The van der Waals surface area contributed by atoms with E-state index in [0.717, 1.165) is 25.7 Å². The molecule has 0 spiro atoms. The molecule has 2 saturated carbocycles. The molecule has 1 N–H and O–H groups in total. The van der Waals surface area contributed by atoms with E-state index in [-0.39, 0.29) is 28.7 Å². The van der Waals surface area contributed by atoms with Crippen LogP contribution >= 0.6 is 7.37 Å². The molecular weight excluding hydrogens is 234 g/mol. The van der Waals surface area contributed by atoms with Gasteiger partial charge in [-0.15, -0.1) is 0 Å².